The molecule has 0 saturated carbocycles. The minimum Gasteiger partial charge on any atom is -0.493 e. The molecule has 0 aliphatic carbocycles. The third-order valence-electron chi connectivity index (χ3n) is 2.12. The van der Waals surface area contributed by atoms with Gasteiger partial charge in [-0.05, 0) is 42.9 Å². The molecule has 98 valence electrons. The van der Waals surface area contributed by atoms with Gasteiger partial charge < -0.3 is 14.8 Å². The normalized spacial score (nSPS) is 10.2. The highest BCUT2D eigenvalue weighted by molar-refractivity contribution is 7.80. The summed E-state index contributed by atoms with van der Waals surface area (Å²) in [5, 5.41) is 7.45. The van der Waals surface area contributed by atoms with Crippen molar-refractivity contribution in [3.8, 4) is 11.5 Å². The Kier molecular flexibility index (Phi) is 5.93. The van der Waals surface area contributed by atoms with E-state index in [9.17, 15) is 0 Å². The van der Waals surface area contributed by atoms with E-state index in [-0.39, 0.29) is 0 Å². The first-order valence-corrected chi connectivity index (χ1v) is 5.91. The second kappa shape index (κ2) is 7.50. The van der Waals surface area contributed by atoms with Gasteiger partial charge in [-0.2, -0.15) is 5.10 Å². The van der Waals surface area contributed by atoms with Gasteiger partial charge in [-0.15, -0.1) is 0 Å². The zero-order valence-corrected chi connectivity index (χ0v) is 11.5. The highest BCUT2D eigenvalue weighted by Gasteiger charge is 2.02. The van der Waals surface area contributed by atoms with Crippen LogP contribution in [0.1, 0.15) is 12.5 Å². The van der Waals surface area contributed by atoms with Gasteiger partial charge in [-0.25, -0.2) is 0 Å². The lowest BCUT2D eigenvalue weighted by Crippen LogP contribution is -2.31. The first-order chi connectivity index (χ1) is 8.71. The third-order valence-corrected chi connectivity index (χ3v) is 2.36. The van der Waals surface area contributed by atoms with Crippen molar-refractivity contribution in [1.29, 1.82) is 0 Å². The summed E-state index contributed by atoms with van der Waals surface area (Å²) in [4.78, 5) is 0. The van der Waals surface area contributed by atoms with Crippen LogP contribution >= 0.6 is 12.2 Å². The van der Waals surface area contributed by atoms with Crippen molar-refractivity contribution < 1.29 is 9.47 Å². The Morgan fingerprint density at radius 2 is 2.06 bits per heavy atom. The Hall–Kier alpha value is -1.82. The van der Waals surface area contributed by atoms with Crippen LogP contribution < -0.4 is 20.2 Å². The second-order valence-corrected chi connectivity index (χ2v) is 3.75. The topological polar surface area (TPSA) is 54.9 Å². The molecule has 5 nitrogen and oxygen atoms in total. The van der Waals surface area contributed by atoms with E-state index in [1.54, 1.807) is 20.4 Å². The fourth-order valence-corrected chi connectivity index (χ4v) is 1.50. The molecule has 1 aromatic rings. The van der Waals surface area contributed by atoms with E-state index >= 15 is 0 Å². The predicted molar refractivity (Wildman–Crippen MR) is 76.6 cm³/mol. The van der Waals surface area contributed by atoms with Crippen molar-refractivity contribution in [2.24, 2.45) is 5.10 Å². The largest absolute Gasteiger partial charge is 0.493 e. The van der Waals surface area contributed by atoms with Gasteiger partial charge in [0.15, 0.2) is 16.6 Å². The lowest BCUT2D eigenvalue weighted by Gasteiger charge is -2.07. The molecule has 0 bridgehead atoms. The van der Waals surface area contributed by atoms with Crippen molar-refractivity contribution in [2.45, 2.75) is 6.92 Å². The number of hydrogen-bond acceptors (Lipinski definition) is 4. The van der Waals surface area contributed by atoms with Gasteiger partial charge in [-0.1, -0.05) is 0 Å². The zero-order valence-electron chi connectivity index (χ0n) is 10.7. The van der Waals surface area contributed by atoms with Gasteiger partial charge in [0.2, 0.25) is 0 Å². The molecule has 0 saturated heterocycles. The molecular formula is C12H17N3O2S. The van der Waals surface area contributed by atoms with E-state index in [2.05, 4.69) is 15.8 Å². The Labute approximate surface area is 112 Å². The standard InChI is InChI=1S/C12H17N3O2S/c1-4-13-12(18)15-14-8-9-5-6-10(16-2)11(7-9)17-3/h5-8H,4H2,1-3H3,(H2,13,15,18)/b14-8-. The van der Waals surface area contributed by atoms with E-state index in [1.807, 2.05) is 25.1 Å². The molecule has 0 spiro atoms. The first kappa shape index (κ1) is 14.2. The molecule has 1 aromatic carbocycles. The van der Waals surface area contributed by atoms with Gasteiger partial charge in [-0.3, -0.25) is 5.43 Å². The van der Waals surface area contributed by atoms with Crippen molar-refractivity contribution in [3.63, 3.8) is 0 Å². The third kappa shape index (κ3) is 4.21. The highest BCUT2D eigenvalue weighted by Crippen LogP contribution is 2.26. The number of nitrogens with zero attached hydrogens (tertiary/aromatic N) is 1. The van der Waals surface area contributed by atoms with E-state index in [4.69, 9.17) is 21.7 Å². The number of thiocarbonyl (C=S) groups is 1. The summed E-state index contributed by atoms with van der Waals surface area (Å²) in [5.74, 6) is 1.35. The lowest BCUT2D eigenvalue weighted by atomic mass is 10.2. The number of methoxy groups -OCH3 is 2. The molecule has 0 amide bonds. The first-order valence-electron chi connectivity index (χ1n) is 5.50. The monoisotopic (exact) mass is 267 g/mol. The zero-order chi connectivity index (χ0) is 13.4. The van der Waals surface area contributed by atoms with Crippen LogP contribution in [0.3, 0.4) is 0 Å². The fourth-order valence-electron chi connectivity index (χ4n) is 1.30. The summed E-state index contributed by atoms with van der Waals surface area (Å²) < 4.78 is 10.3. The molecule has 0 fully saturated rings. The molecular weight excluding hydrogens is 250 g/mol. The van der Waals surface area contributed by atoms with Gasteiger partial charge in [0, 0.05) is 6.54 Å². The maximum absolute atomic E-state index is 5.20. The number of benzene rings is 1. The summed E-state index contributed by atoms with van der Waals surface area (Å²) >= 11 is 4.98. The lowest BCUT2D eigenvalue weighted by molar-refractivity contribution is 0.355. The van der Waals surface area contributed by atoms with Gasteiger partial charge in [0.25, 0.3) is 0 Å². The molecule has 1 rings (SSSR count). The molecule has 18 heavy (non-hydrogen) atoms. The summed E-state index contributed by atoms with van der Waals surface area (Å²) in [7, 11) is 3.19. The maximum atomic E-state index is 5.20. The smallest absolute Gasteiger partial charge is 0.186 e. The average Bonchev–Trinajstić information content (AvgIpc) is 2.38. The predicted octanol–water partition coefficient (Wildman–Crippen LogP) is 1.52. The Morgan fingerprint density at radius 1 is 1.33 bits per heavy atom. The molecule has 0 unspecified atom stereocenters. The van der Waals surface area contributed by atoms with Crippen LogP contribution in [0.15, 0.2) is 23.3 Å². The quantitative estimate of drug-likeness (QED) is 0.481. The average molecular weight is 267 g/mol. The van der Waals surface area contributed by atoms with Gasteiger partial charge in [0.1, 0.15) is 0 Å². The molecule has 0 heterocycles. The molecule has 6 heteroatoms. The van der Waals surface area contributed by atoms with Crippen molar-refractivity contribution in [3.05, 3.63) is 23.8 Å². The molecule has 0 aliphatic rings. The molecule has 2 N–H and O–H groups in total. The minimum absolute atomic E-state index is 0.495. The van der Waals surface area contributed by atoms with E-state index in [1.165, 1.54) is 0 Å². The van der Waals surface area contributed by atoms with Crippen LogP contribution in [0.4, 0.5) is 0 Å². The summed E-state index contributed by atoms with van der Waals surface area (Å²) in [6.07, 6.45) is 1.66. The molecule has 0 aromatic heterocycles. The van der Waals surface area contributed by atoms with Crippen molar-refractivity contribution in [2.75, 3.05) is 20.8 Å². The number of nitrogens with one attached hydrogen (secondary N) is 2. The van der Waals surface area contributed by atoms with E-state index in [0.717, 1.165) is 12.1 Å². The van der Waals surface area contributed by atoms with Crippen LogP contribution in [0.5, 0.6) is 11.5 Å². The van der Waals surface area contributed by atoms with Crippen molar-refractivity contribution >= 4 is 23.5 Å². The van der Waals surface area contributed by atoms with E-state index in [0.29, 0.717) is 16.6 Å². The molecule has 0 atom stereocenters. The molecule has 0 radical (unpaired) electrons. The number of hydrogen-bond donors (Lipinski definition) is 2. The SMILES string of the molecule is CCNC(=S)N/N=C\c1ccc(OC)c(OC)c1. The number of hydrazone groups is 1. The second-order valence-electron chi connectivity index (χ2n) is 3.34. The fraction of sp³-hybridized carbons (Fsp3) is 0.333. The van der Waals surface area contributed by atoms with Crippen LogP contribution in [0, 0.1) is 0 Å². The Balaban J connectivity index is 2.67. The van der Waals surface area contributed by atoms with Crippen LogP contribution in [-0.2, 0) is 0 Å². The Bertz CT molecular complexity index is 435. The summed E-state index contributed by atoms with van der Waals surface area (Å²) in [5.41, 5.74) is 3.60. The van der Waals surface area contributed by atoms with Gasteiger partial charge >= 0.3 is 0 Å². The van der Waals surface area contributed by atoms with Crippen molar-refractivity contribution in [1.82, 2.24) is 10.7 Å². The molecule has 0 aliphatic heterocycles. The minimum atomic E-state index is 0.495. The van der Waals surface area contributed by atoms with Crippen LogP contribution in [0.25, 0.3) is 0 Å². The van der Waals surface area contributed by atoms with E-state index < -0.39 is 0 Å². The highest BCUT2D eigenvalue weighted by atomic mass is 32.1. The maximum Gasteiger partial charge on any atom is 0.186 e. The summed E-state index contributed by atoms with van der Waals surface area (Å²) in [6.45, 7) is 2.73. The number of rotatable bonds is 5. The van der Waals surface area contributed by atoms with Gasteiger partial charge in [0.05, 0.1) is 20.4 Å². The summed E-state index contributed by atoms with van der Waals surface area (Å²) in [6, 6.07) is 5.53. The van der Waals surface area contributed by atoms with Crippen LogP contribution in [0.2, 0.25) is 0 Å². The van der Waals surface area contributed by atoms with Crippen LogP contribution in [-0.4, -0.2) is 32.1 Å². The number of ether oxygens (including phenoxy) is 2. The Morgan fingerprint density at radius 3 is 2.67 bits per heavy atom.